The summed E-state index contributed by atoms with van der Waals surface area (Å²) in [7, 11) is 0. The van der Waals surface area contributed by atoms with Crippen molar-refractivity contribution in [3.63, 3.8) is 0 Å². The molecule has 0 radical (unpaired) electrons. The average Bonchev–Trinajstić information content (AvgIpc) is 2.09. The van der Waals surface area contributed by atoms with Crippen molar-refractivity contribution in [1.29, 1.82) is 0 Å². The van der Waals surface area contributed by atoms with Crippen molar-refractivity contribution < 1.29 is 0 Å². The van der Waals surface area contributed by atoms with Gasteiger partial charge in [0.1, 0.15) is 0 Å². The van der Waals surface area contributed by atoms with Gasteiger partial charge in [-0.25, -0.2) is 0 Å². The Morgan fingerprint density at radius 1 is 1.29 bits per heavy atom. The number of hydrazone groups is 1. The molecule has 0 aliphatic rings. The number of anilines is 1. The van der Waals surface area contributed by atoms with Gasteiger partial charge >= 0.3 is 0 Å². The second-order valence-electron chi connectivity index (χ2n) is 2.58. The standard InChI is InChI=1S/C9H9Cl3N2/c1-2-3-13-14-9-7(11)4-6(10)5-8(9)12/h3-5,14H,2H2,1H3. The Hall–Kier alpha value is -0.440. The number of nitrogens with one attached hydrogen (secondary N) is 1. The van der Waals surface area contributed by atoms with Crippen LogP contribution in [0.15, 0.2) is 17.2 Å². The molecule has 0 unspecified atom stereocenters. The topological polar surface area (TPSA) is 24.4 Å². The summed E-state index contributed by atoms with van der Waals surface area (Å²) in [6.07, 6.45) is 2.57. The quantitative estimate of drug-likeness (QED) is 0.623. The van der Waals surface area contributed by atoms with Crippen molar-refractivity contribution in [2.24, 2.45) is 5.10 Å². The number of rotatable bonds is 3. The van der Waals surface area contributed by atoms with Crippen LogP contribution in [0, 0.1) is 0 Å². The molecule has 0 saturated carbocycles. The van der Waals surface area contributed by atoms with Gasteiger partial charge in [-0.3, -0.25) is 5.43 Å². The molecule has 0 saturated heterocycles. The molecular formula is C9H9Cl3N2. The van der Waals surface area contributed by atoms with Crippen molar-refractivity contribution in [3.05, 3.63) is 27.2 Å². The van der Waals surface area contributed by atoms with Gasteiger partial charge in [-0.2, -0.15) is 5.10 Å². The molecule has 76 valence electrons. The molecule has 0 atom stereocenters. The zero-order valence-electron chi connectivity index (χ0n) is 7.52. The molecule has 5 heteroatoms. The molecule has 14 heavy (non-hydrogen) atoms. The van der Waals surface area contributed by atoms with Crippen LogP contribution in [0.3, 0.4) is 0 Å². The number of hydrogen-bond donors (Lipinski definition) is 1. The van der Waals surface area contributed by atoms with Crippen LogP contribution in [0.2, 0.25) is 15.1 Å². The van der Waals surface area contributed by atoms with Crippen LogP contribution in [0.5, 0.6) is 0 Å². The van der Waals surface area contributed by atoms with E-state index in [4.69, 9.17) is 34.8 Å². The van der Waals surface area contributed by atoms with Gasteiger partial charge in [0.25, 0.3) is 0 Å². The summed E-state index contributed by atoms with van der Waals surface area (Å²) in [6.45, 7) is 1.98. The predicted molar refractivity (Wildman–Crippen MR) is 63.9 cm³/mol. The van der Waals surface area contributed by atoms with E-state index in [1.807, 2.05) is 6.92 Å². The summed E-state index contributed by atoms with van der Waals surface area (Å²) < 4.78 is 0. The first kappa shape index (κ1) is 11.6. The third kappa shape index (κ3) is 3.05. The van der Waals surface area contributed by atoms with Gasteiger partial charge < -0.3 is 0 Å². The molecule has 2 nitrogen and oxygen atoms in total. The lowest BCUT2D eigenvalue weighted by Gasteiger charge is -2.05. The predicted octanol–water partition coefficient (Wildman–Crippen LogP) is 4.45. The second-order valence-corrected chi connectivity index (χ2v) is 3.83. The Labute approximate surface area is 97.9 Å². The Bertz CT molecular complexity index is 327. The SMILES string of the molecule is CCC=NNc1c(Cl)cc(Cl)cc1Cl. The highest BCUT2D eigenvalue weighted by atomic mass is 35.5. The Kier molecular flexibility index (Phi) is 4.52. The van der Waals surface area contributed by atoms with Gasteiger partial charge in [0.15, 0.2) is 0 Å². The van der Waals surface area contributed by atoms with E-state index >= 15 is 0 Å². The van der Waals surface area contributed by atoms with Gasteiger partial charge in [-0.15, -0.1) is 0 Å². The van der Waals surface area contributed by atoms with E-state index < -0.39 is 0 Å². The van der Waals surface area contributed by atoms with Crippen molar-refractivity contribution in [2.75, 3.05) is 5.43 Å². The molecule has 0 fully saturated rings. The van der Waals surface area contributed by atoms with Crippen molar-refractivity contribution in [3.8, 4) is 0 Å². The summed E-state index contributed by atoms with van der Waals surface area (Å²) >= 11 is 17.6. The van der Waals surface area contributed by atoms with Crippen LogP contribution in [0.4, 0.5) is 5.69 Å². The third-order valence-electron chi connectivity index (χ3n) is 1.46. The molecule has 1 aromatic carbocycles. The lowest BCUT2D eigenvalue weighted by atomic mass is 10.3. The monoisotopic (exact) mass is 250 g/mol. The molecule has 0 amide bonds. The summed E-state index contributed by atoms with van der Waals surface area (Å²) in [5, 5.41) is 5.34. The minimum Gasteiger partial charge on any atom is -0.276 e. The highest BCUT2D eigenvalue weighted by Crippen LogP contribution is 2.33. The molecule has 0 aliphatic carbocycles. The normalized spacial score (nSPS) is 10.9. The van der Waals surface area contributed by atoms with E-state index in [1.54, 1.807) is 18.3 Å². The first-order valence-corrected chi connectivity index (χ1v) is 5.20. The summed E-state index contributed by atoms with van der Waals surface area (Å²) in [6, 6.07) is 3.22. The van der Waals surface area contributed by atoms with Gasteiger partial charge in [-0.1, -0.05) is 41.7 Å². The fourth-order valence-electron chi connectivity index (χ4n) is 0.850. The minimum atomic E-state index is 0.454. The van der Waals surface area contributed by atoms with Crippen LogP contribution < -0.4 is 5.43 Å². The molecule has 0 aliphatic heterocycles. The van der Waals surface area contributed by atoms with E-state index in [2.05, 4.69) is 10.5 Å². The molecule has 1 N–H and O–H groups in total. The Morgan fingerprint density at radius 2 is 1.86 bits per heavy atom. The zero-order chi connectivity index (χ0) is 10.6. The Morgan fingerprint density at radius 3 is 2.36 bits per heavy atom. The van der Waals surface area contributed by atoms with Crippen LogP contribution >= 0.6 is 34.8 Å². The number of hydrogen-bond acceptors (Lipinski definition) is 2. The minimum absolute atomic E-state index is 0.454. The second kappa shape index (κ2) is 5.44. The van der Waals surface area contributed by atoms with Crippen molar-refractivity contribution in [1.82, 2.24) is 0 Å². The maximum absolute atomic E-state index is 5.91. The fraction of sp³-hybridized carbons (Fsp3) is 0.222. The van der Waals surface area contributed by atoms with Gasteiger partial charge in [0.2, 0.25) is 0 Å². The van der Waals surface area contributed by atoms with Crippen molar-refractivity contribution >= 4 is 46.7 Å². The molecule has 0 aromatic heterocycles. The molecule has 0 spiro atoms. The van der Waals surface area contributed by atoms with E-state index in [0.717, 1.165) is 6.42 Å². The van der Waals surface area contributed by atoms with Gasteiger partial charge in [0, 0.05) is 11.2 Å². The maximum Gasteiger partial charge on any atom is 0.0935 e. The summed E-state index contributed by atoms with van der Waals surface area (Å²) in [5.41, 5.74) is 3.33. The first-order valence-electron chi connectivity index (χ1n) is 4.07. The van der Waals surface area contributed by atoms with E-state index in [1.165, 1.54) is 0 Å². The van der Waals surface area contributed by atoms with Crippen LogP contribution in [0.25, 0.3) is 0 Å². The third-order valence-corrected chi connectivity index (χ3v) is 2.27. The summed E-state index contributed by atoms with van der Waals surface area (Å²) in [5.74, 6) is 0. The molecular weight excluding hydrogens is 242 g/mol. The number of nitrogens with zero attached hydrogens (tertiary/aromatic N) is 1. The number of benzene rings is 1. The maximum atomic E-state index is 5.91. The molecule has 1 rings (SSSR count). The van der Waals surface area contributed by atoms with Gasteiger partial charge in [0.05, 0.1) is 15.7 Å². The number of halogens is 3. The highest BCUT2D eigenvalue weighted by Gasteiger charge is 2.05. The van der Waals surface area contributed by atoms with Crippen LogP contribution in [-0.4, -0.2) is 6.21 Å². The first-order chi connectivity index (χ1) is 6.65. The smallest absolute Gasteiger partial charge is 0.0935 e. The largest absolute Gasteiger partial charge is 0.276 e. The summed E-state index contributed by atoms with van der Waals surface area (Å²) in [4.78, 5) is 0. The highest BCUT2D eigenvalue weighted by molar-refractivity contribution is 6.41. The van der Waals surface area contributed by atoms with Gasteiger partial charge in [-0.05, 0) is 18.6 Å². The fourth-order valence-corrected chi connectivity index (χ4v) is 1.75. The molecule has 0 heterocycles. The van der Waals surface area contributed by atoms with Crippen molar-refractivity contribution in [2.45, 2.75) is 13.3 Å². The average molecular weight is 252 g/mol. The van der Waals surface area contributed by atoms with E-state index in [-0.39, 0.29) is 0 Å². The van der Waals surface area contributed by atoms with Crippen LogP contribution in [-0.2, 0) is 0 Å². The lowest BCUT2D eigenvalue weighted by molar-refractivity contribution is 1.26. The van der Waals surface area contributed by atoms with E-state index in [9.17, 15) is 0 Å². The zero-order valence-corrected chi connectivity index (χ0v) is 9.79. The van der Waals surface area contributed by atoms with E-state index in [0.29, 0.717) is 20.8 Å². The van der Waals surface area contributed by atoms with Crippen LogP contribution in [0.1, 0.15) is 13.3 Å². The lowest BCUT2D eigenvalue weighted by Crippen LogP contribution is -1.91. The Balaban J connectivity index is 2.91. The molecule has 0 bridgehead atoms. The molecule has 1 aromatic rings.